The molecule has 0 bridgehead atoms. The number of fused-ring (bicyclic) bond motifs is 1. The fourth-order valence-corrected chi connectivity index (χ4v) is 3.59. The average Bonchev–Trinajstić information content (AvgIpc) is 3.25. The molecule has 0 atom stereocenters. The number of nitrogens with zero attached hydrogens (tertiary/aromatic N) is 5. The normalized spacial score (nSPS) is 11.1. The molecule has 0 aliphatic rings. The van der Waals surface area contributed by atoms with E-state index in [1.807, 2.05) is 55.4 Å². The highest BCUT2D eigenvalue weighted by molar-refractivity contribution is 5.95. The third-order valence-electron chi connectivity index (χ3n) is 5.31. The van der Waals surface area contributed by atoms with Crippen LogP contribution in [0.4, 0.5) is 0 Å². The van der Waals surface area contributed by atoms with Crippen LogP contribution >= 0.6 is 0 Å². The SMILES string of the molecule is COc1cc(Cc2nc3c(-c4cccc(C(=O)NCCN(C)C)c4)nccn3n2)cc(OC)c1. The lowest BCUT2D eigenvalue weighted by molar-refractivity contribution is 0.0951. The third-order valence-corrected chi connectivity index (χ3v) is 5.31. The first-order valence-electron chi connectivity index (χ1n) is 10.9. The van der Waals surface area contributed by atoms with Crippen molar-refractivity contribution in [2.24, 2.45) is 0 Å². The molecule has 0 saturated heterocycles. The zero-order valence-corrected chi connectivity index (χ0v) is 19.8. The second-order valence-electron chi connectivity index (χ2n) is 8.11. The monoisotopic (exact) mass is 460 g/mol. The molecule has 0 aliphatic heterocycles. The number of aromatic nitrogens is 4. The fourth-order valence-electron chi connectivity index (χ4n) is 3.59. The zero-order valence-electron chi connectivity index (χ0n) is 19.8. The van der Waals surface area contributed by atoms with E-state index in [1.165, 1.54) is 0 Å². The average molecular weight is 461 g/mol. The molecule has 4 aromatic rings. The highest BCUT2D eigenvalue weighted by Gasteiger charge is 2.14. The minimum atomic E-state index is -0.121. The number of rotatable bonds is 9. The first kappa shape index (κ1) is 23.2. The fraction of sp³-hybridized carbons (Fsp3) is 0.280. The summed E-state index contributed by atoms with van der Waals surface area (Å²) in [6, 6.07) is 13.1. The Hall–Kier alpha value is -3.98. The van der Waals surface area contributed by atoms with E-state index in [0.717, 1.165) is 17.7 Å². The molecule has 2 aromatic heterocycles. The van der Waals surface area contributed by atoms with Crippen LogP contribution in [0, 0.1) is 0 Å². The van der Waals surface area contributed by atoms with Crippen LogP contribution in [-0.4, -0.2) is 71.8 Å². The number of hydrogen-bond acceptors (Lipinski definition) is 7. The Morgan fingerprint density at radius 2 is 1.85 bits per heavy atom. The van der Waals surface area contributed by atoms with Crippen molar-refractivity contribution in [2.75, 3.05) is 41.4 Å². The molecule has 9 nitrogen and oxygen atoms in total. The number of amides is 1. The molecule has 176 valence electrons. The summed E-state index contributed by atoms with van der Waals surface area (Å²) in [6.07, 6.45) is 3.95. The highest BCUT2D eigenvalue weighted by atomic mass is 16.5. The van der Waals surface area contributed by atoms with Gasteiger partial charge >= 0.3 is 0 Å². The number of ether oxygens (including phenoxy) is 2. The number of methoxy groups -OCH3 is 2. The van der Waals surface area contributed by atoms with Crippen LogP contribution in [-0.2, 0) is 6.42 Å². The van der Waals surface area contributed by atoms with Crippen molar-refractivity contribution in [3.05, 3.63) is 71.8 Å². The predicted octanol–water partition coefficient (Wildman–Crippen LogP) is 2.69. The van der Waals surface area contributed by atoms with Crippen molar-refractivity contribution in [1.29, 1.82) is 0 Å². The van der Waals surface area contributed by atoms with Crippen LogP contribution in [0.25, 0.3) is 16.9 Å². The summed E-state index contributed by atoms with van der Waals surface area (Å²) in [6.45, 7) is 1.35. The Morgan fingerprint density at radius 1 is 1.09 bits per heavy atom. The van der Waals surface area contributed by atoms with Crippen molar-refractivity contribution in [2.45, 2.75) is 6.42 Å². The summed E-state index contributed by atoms with van der Waals surface area (Å²) in [5.74, 6) is 1.94. The van der Waals surface area contributed by atoms with Crippen LogP contribution in [0.1, 0.15) is 21.7 Å². The Bertz CT molecular complexity index is 1280. The molecule has 0 aliphatic carbocycles. The molecule has 2 heterocycles. The van der Waals surface area contributed by atoms with Gasteiger partial charge in [0.25, 0.3) is 5.91 Å². The molecule has 34 heavy (non-hydrogen) atoms. The largest absolute Gasteiger partial charge is 0.497 e. The minimum absolute atomic E-state index is 0.121. The molecule has 0 radical (unpaired) electrons. The van der Waals surface area contributed by atoms with Crippen molar-refractivity contribution in [3.8, 4) is 22.8 Å². The van der Waals surface area contributed by atoms with Gasteiger partial charge in [-0.25, -0.2) is 9.50 Å². The van der Waals surface area contributed by atoms with Gasteiger partial charge in [-0.2, -0.15) is 5.10 Å². The van der Waals surface area contributed by atoms with E-state index < -0.39 is 0 Å². The van der Waals surface area contributed by atoms with E-state index in [0.29, 0.717) is 47.2 Å². The Labute approximate surface area is 198 Å². The van der Waals surface area contributed by atoms with Gasteiger partial charge in [0.1, 0.15) is 17.2 Å². The number of benzene rings is 2. The lowest BCUT2D eigenvalue weighted by Gasteiger charge is -2.11. The lowest BCUT2D eigenvalue weighted by atomic mass is 10.1. The maximum Gasteiger partial charge on any atom is 0.251 e. The summed E-state index contributed by atoms with van der Waals surface area (Å²) in [4.78, 5) is 23.9. The van der Waals surface area contributed by atoms with E-state index in [9.17, 15) is 4.79 Å². The smallest absolute Gasteiger partial charge is 0.251 e. The number of carbonyl (C=O) groups is 1. The van der Waals surface area contributed by atoms with Crippen molar-refractivity contribution in [1.82, 2.24) is 29.8 Å². The zero-order chi connectivity index (χ0) is 24.1. The third kappa shape index (κ3) is 5.32. The number of nitrogens with one attached hydrogen (secondary N) is 1. The molecule has 4 rings (SSSR count). The van der Waals surface area contributed by atoms with Gasteiger partial charge in [0.15, 0.2) is 11.5 Å². The Balaban J connectivity index is 1.61. The van der Waals surface area contributed by atoms with E-state index in [-0.39, 0.29) is 5.91 Å². The first-order valence-corrected chi connectivity index (χ1v) is 10.9. The van der Waals surface area contributed by atoms with E-state index in [4.69, 9.17) is 14.5 Å². The molecule has 0 fully saturated rings. The lowest BCUT2D eigenvalue weighted by Crippen LogP contribution is -2.31. The van der Waals surface area contributed by atoms with Gasteiger partial charge in [0, 0.05) is 49.1 Å². The Morgan fingerprint density at radius 3 is 2.56 bits per heavy atom. The molecular weight excluding hydrogens is 432 g/mol. The molecular formula is C25H28N6O3. The number of carbonyl (C=O) groups excluding carboxylic acids is 1. The second kappa shape index (κ2) is 10.3. The molecule has 2 aromatic carbocycles. The van der Waals surface area contributed by atoms with E-state index in [1.54, 1.807) is 37.2 Å². The molecule has 0 unspecified atom stereocenters. The van der Waals surface area contributed by atoms with Crippen molar-refractivity contribution in [3.63, 3.8) is 0 Å². The van der Waals surface area contributed by atoms with Gasteiger partial charge in [-0.1, -0.05) is 12.1 Å². The highest BCUT2D eigenvalue weighted by Crippen LogP contribution is 2.25. The molecule has 1 N–H and O–H groups in total. The molecule has 9 heteroatoms. The predicted molar refractivity (Wildman–Crippen MR) is 129 cm³/mol. The van der Waals surface area contributed by atoms with Gasteiger partial charge in [-0.15, -0.1) is 0 Å². The van der Waals surface area contributed by atoms with Gasteiger partial charge in [0.05, 0.1) is 14.2 Å². The topological polar surface area (TPSA) is 93.9 Å². The van der Waals surface area contributed by atoms with Crippen LogP contribution < -0.4 is 14.8 Å². The summed E-state index contributed by atoms with van der Waals surface area (Å²) in [5, 5.41) is 7.56. The maximum atomic E-state index is 12.6. The van der Waals surface area contributed by atoms with Crippen LogP contribution in [0.5, 0.6) is 11.5 Å². The first-order chi connectivity index (χ1) is 16.5. The van der Waals surface area contributed by atoms with Crippen molar-refractivity contribution >= 4 is 11.6 Å². The van der Waals surface area contributed by atoms with Gasteiger partial charge in [0.2, 0.25) is 0 Å². The number of likely N-dealkylation sites (N-methyl/N-ethyl adjacent to an activating group) is 1. The Kier molecular flexibility index (Phi) is 7.03. The second-order valence-corrected chi connectivity index (χ2v) is 8.11. The molecule has 0 saturated carbocycles. The molecule has 1 amide bonds. The maximum absolute atomic E-state index is 12.6. The summed E-state index contributed by atoms with van der Waals surface area (Å²) in [5.41, 5.74) is 3.62. The van der Waals surface area contributed by atoms with Crippen LogP contribution in [0.15, 0.2) is 54.9 Å². The van der Waals surface area contributed by atoms with E-state index in [2.05, 4.69) is 15.4 Å². The van der Waals surface area contributed by atoms with Gasteiger partial charge in [-0.3, -0.25) is 9.78 Å². The van der Waals surface area contributed by atoms with Crippen LogP contribution in [0.3, 0.4) is 0 Å². The van der Waals surface area contributed by atoms with Crippen LogP contribution in [0.2, 0.25) is 0 Å². The summed E-state index contributed by atoms with van der Waals surface area (Å²) in [7, 11) is 7.18. The minimum Gasteiger partial charge on any atom is -0.497 e. The van der Waals surface area contributed by atoms with Crippen molar-refractivity contribution < 1.29 is 14.3 Å². The van der Waals surface area contributed by atoms with Gasteiger partial charge in [-0.05, 0) is 43.9 Å². The standard InChI is InChI=1S/C25H28N6O3/c1-30(2)10-8-27-25(32)19-7-5-6-18(15-19)23-24-28-22(29-31(24)11-9-26-23)14-17-12-20(33-3)16-21(13-17)34-4/h5-7,9,11-13,15-16H,8,10,14H2,1-4H3,(H,27,32). The summed E-state index contributed by atoms with van der Waals surface area (Å²) >= 11 is 0. The van der Waals surface area contributed by atoms with E-state index >= 15 is 0 Å². The quantitative estimate of drug-likeness (QED) is 0.410. The van der Waals surface area contributed by atoms with Gasteiger partial charge < -0.3 is 19.7 Å². The summed E-state index contributed by atoms with van der Waals surface area (Å²) < 4.78 is 12.4. The number of hydrogen-bond donors (Lipinski definition) is 1. The molecule has 0 spiro atoms.